The van der Waals surface area contributed by atoms with Gasteiger partial charge in [0.25, 0.3) is 0 Å². The van der Waals surface area contributed by atoms with Crippen LogP contribution in [0.2, 0.25) is 0 Å². The largest absolute Gasteiger partial charge is 0.465 e. The topological polar surface area (TPSA) is 56.1 Å². The van der Waals surface area contributed by atoms with Gasteiger partial charge in [0.2, 0.25) is 0 Å². The van der Waals surface area contributed by atoms with E-state index in [9.17, 15) is 4.79 Å². The zero-order valence-electron chi connectivity index (χ0n) is 12.3. The van der Waals surface area contributed by atoms with E-state index in [0.29, 0.717) is 19.2 Å². The Morgan fingerprint density at radius 3 is 2.68 bits per heavy atom. The van der Waals surface area contributed by atoms with Crippen LogP contribution in [-0.4, -0.2) is 28.4 Å². The van der Waals surface area contributed by atoms with E-state index in [1.807, 2.05) is 23.9 Å². The maximum atomic E-state index is 11.5. The number of nitrogens with one attached hydrogen (secondary N) is 1. The zero-order chi connectivity index (χ0) is 14.3. The van der Waals surface area contributed by atoms with Gasteiger partial charge in [0.05, 0.1) is 18.3 Å². The fourth-order valence-electron chi connectivity index (χ4n) is 1.95. The maximum Gasteiger partial charge on any atom is 0.322 e. The van der Waals surface area contributed by atoms with Crippen molar-refractivity contribution in [2.24, 2.45) is 0 Å². The summed E-state index contributed by atoms with van der Waals surface area (Å²) in [5.74, 6) is -0.220. The fourth-order valence-corrected chi connectivity index (χ4v) is 1.95. The predicted molar refractivity (Wildman–Crippen MR) is 74.8 cm³/mol. The first-order valence-corrected chi connectivity index (χ1v) is 7.06. The summed E-state index contributed by atoms with van der Waals surface area (Å²) < 4.78 is 6.95. The van der Waals surface area contributed by atoms with Crippen LogP contribution in [0.25, 0.3) is 0 Å². The molecule has 0 spiro atoms. The van der Waals surface area contributed by atoms with Gasteiger partial charge in [-0.2, -0.15) is 5.10 Å². The van der Waals surface area contributed by atoms with Crippen molar-refractivity contribution >= 4 is 5.97 Å². The van der Waals surface area contributed by atoms with Gasteiger partial charge in [-0.15, -0.1) is 0 Å². The molecule has 1 atom stereocenters. The Kier molecular flexibility index (Phi) is 6.56. The van der Waals surface area contributed by atoms with Crippen molar-refractivity contribution in [3.8, 4) is 0 Å². The summed E-state index contributed by atoms with van der Waals surface area (Å²) in [5.41, 5.74) is 0.947. The Hall–Kier alpha value is -1.36. The van der Waals surface area contributed by atoms with Crippen LogP contribution in [0.4, 0.5) is 0 Å². The number of aromatic nitrogens is 2. The molecule has 0 aliphatic rings. The van der Waals surface area contributed by atoms with Crippen molar-refractivity contribution < 1.29 is 9.53 Å². The van der Waals surface area contributed by atoms with E-state index in [-0.39, 0.29) is 12.0 Å². The average Bonchev–Trinajstić information content (AvgIpc) is 2.86. The lowest BCUT2D eigenvalue weighted by molar-refractivity contribution is -0.145. The van der Waals surface area contributed by atoms with Crippen LogP contribution in [-0.2, 0) is 16.1 Å². The third-order valence-electron chi connectivity index (χ3n) is 3.21. The predicted octanol–water partition coefficient (Wildman–Crippen LogP) is 2.29. The molecule has 0 saturated carbocycles. The number of rotatable bonds is 8. The van der Waals surface area contributed by atoms with E-state index in [0.717, 1.165) is 18.5 Å². The highest BCUT2D eigenvalue weighted by atomic mass is 16.5. The highest BCUT2D eigenvalue weighted by Crippen LogP contribution is 2.14. The lowest BCUT2D eigenvalue weighted by Gasteiger charge is -2.13. The number of nitrogens with zero attached hydrogens (tertiary/aromatic N) is 2. The van der Waals surface area contributed by atoms with Crippen LogP contribution in [0.5, 0.6) is 0 Å². The van der Waals surface area contributed by atoms with Crippen molar-refractivity contribution in [2.75, 3.05) is 6.61 Å². The Morgan fingerprint density at radius 1 is 1.42 bits per heavy atom. The molecule has 19 heavy (non-hydrogen) atoms. The molecule has 0 fully saturated rings. The number of esters is 1. The number of hydrogen-bond donors (Lipinski definition) is 1. The van der Waals surface area contributed by atoms with Gasteiger partial charge in [0, 0.05) is 12.7 Å². The molecule has 1 aromatic rings. The first kappa shape index (κ1) is 15.7. The molecule has 0 aliphatic carbocycles. The van der Waals surface area contributed by atoms with Crippen molar-refractivity contribution in [3.05, 3.63) is 18.0 Å². The summed E-state index contributed by atoms with van der Waals surface area (Å²) >= 11 is 0. The van der Waals surface area contributed by atoms with Crippen LogP contribution >= 0.6 is 0 Å². The first-order valence-electron chi connectivity index (χ1n) is 7.06. The Morgan fingerprint density at radius 2 is 2.11 bits per heavy atom. The Balaban J connectivity index is 2.48. The molecule has 0 aliphatic heterocycles. The van der Waals surface area contributed by atoms with E-state index in [1.165, 1.54) is 0 Å². The SMILES string of the molecule is CCOC(=O)C(C)NCc1ccn(C(CC)CC)n1. The third kappa shape index (κ3) is 4.67. The van der Waals surface area contributed by atoms with Crippen molar-refractivity contribution in [2.45, 2.75) is 59.2 Å². The van der Waals surface area contributed by atoms with Gasteiger partial charge in [0.15, 0.2) is 0 Å². The Labute approximate surface area is 115 Å². The van der Waals surface area contributed by atoms with Crippen LogP contribution in [0.3, 0.4) is 0 Å². The monoisotopic (exact) mass is 267 g/mol. The number of ether oxygens (including phenoxy) is 1. The molecule has 5 heteroatoms. The third-order valence-corrected chi connectivity index (χ3v) is 3.21. The first-order chi connectivity index (χ1) is 9.12. The lowest BCUT2D eigenvalue weighted by atomic mass is 10.2. The minimum absolute atomic E-state index is 0.220. The van der Waals surface area contributed by atoms with Gasteiger partial charge in [-0.3, -0.25) is 14.8 Å². The number of carbonyl (C=O) groups is 1. The molecular formula is C14H25N3O2. The minimum atomic E-state index is -0.307. The summed E-state index contributed by atoms with van der Waals surface area (Å²) in [4.78, 5) is 11.5. The van der Waals surface area contributed by atoms with E-state index < -0.39 is 0 Å². The molecule has 0 amide bonds. The van der Waals surface area contributed by atoms with E-state index >= 15 is 0 Å². The van der Waals surface area contributed by atoms with Gasteiger partial charge in [-0.05, 0) is 32.8 Å². The van der Waals surface area contributed by atoms with Crippen LogP contribution in [0.1, 0.15) is 52.3 Å². The summed E-state index contributed by atoms with van der Waals surface area (Å²) in [7, 11) is 0. The molecule has 1 heterocycles. The summed E-state index contributed by atoms with van der Waals surface area (Å²) in [6.45, 7) is 8.92. The summed E-state index contributed by atoms with van der Waals surface area (Å²) in [5, 5.41) is 7.65. The quantitative estimate of drug-likeness (QED) is 0.734. The highest BCUT2D eigenvalue weighted by molar-refractivity contribution is 5.75. The molecule has 108 valence electrons. The smallest absolute Gasteiger partial charge is 0.322 e. The molecule has 0 radical (unpaired) electrons. The molecule has 5 nitrogen and oxygen atoms in total. The van der Waals surface area contributed by atoms with E-state index in [2.05, 4.69) is 24.3 Å². The van der Waals surface area contributed by atoms with Crippen LogP contribution in [0.15, 0.2) is 12.3 Å². The average molecular weight is 267 g/mol. The van der Waals surface area contributed by atoms with Crippen molar-refractivity contribution in [3.63, 3.8) is 0 Å². The van der Waals surface area contributed by atoms with Crippen LogP contribution in [0, 0.1) is 0 Å². The molecule has 0 bridgehead atoms. The molecule has 0 aromatic carbocycles. The molecular weight excluding hydrogens is 242 g/mol. The minimum Gasteiger partial charge on any atom is -0.465 e. The molecule has 1 rings (SSSR count). The standard InChI is InChI=1S/C14H25N3O2/c1-5-13(6-2)17-9-8-12(16-17)10-15-11(4)14(18)19-7-3/h8-9,11,13,15H,5-7,10H2,1-4H3. The number of hydrogen-bond acceptors (Lipinski definition) is 4. The van der Waals surface area contributed by atoms with Crippen molar-refractivity contribution in [1.82, 2.24) is 15.1 Å². The van der Waals surface area contributed by atoms with E-state index in [4.69, 9.17) is 4.74 Å². The fraction of sp³-hybridized carbons (Fsp3) is 0.714. The van der Waals surface area contributed by atoms with Crippen molar-refractivity contribution in [1.29, 1.82) is 0 Å². The van der Waals surface area contributed by atoms with Gasteiger partial charge in [-0.1, -0.05) is 13.8 Å². The Bertz CT molecular complexity index is 386. The van der Waals surface area contributed by atoms with E-state index in [1.54, 1.807) is 6.92 Å². The summed E-state index contributed by atoms with van der Waals surface area (Å²) in [6, 6.07) is 2.14. The highest BCUT2D eigenvalue weighted by Gasteiger charge is 2.14. The second-order valence-corrected chi connectivity index (χ2v) is 4.61. The number of carbonyl (C=O) groups excluding carboxylic acids is 1. The molecule has 1 unspecified atom stereocenters. The zero-order valence-corrected chi connectivity index (χ0v) is 12.3. The molecule has 0 saturated heterocycles. The maximum absolute atomic E-state index is 11.5. The molecule has 1 aromatic heterocycles. The van der Waals surface area contributed by atoms with Gasteiger partial charge in [0.1, 0.15) is 6.04 Å². The van der Waals surface area contributed by atoms with Crippen LogP contribution < -0.4 is 5.32 Å². The second kappa shape index (κ2) is 7.94. The summed E-state index contributed by atoms with van der Waals surface area (Å²) in [6.07, 6.45) is 4.15. The normalized spacial score (nSPS) is 12.7. The van der Waals surface area contributed by atoms with Gasteiger partial charge in [-0.25, -0.2) is 0 Å². The second-order valence-electron chi connectivity index (χ2n) is 4.61. The van der Waals surface area contributed by atoms with Gasteiger partial charge < -0.3 is 4.74 Å². The lowest BCUT2D eigenvalue weighted by Crippen LogP contribution is -2.35. The molecule has 1 N–H and O–H groups in total. The van der Waals surface area contributed by atoms with Gasteiger partial charge >= 0.3 is 5.97 Å².